The smallest absolute Gasteiger partial charge is 0.410 e. The number of piperidine rings is 1. The van der Waals surface area contributed by atoms with Gasteiger partial charge in [-0.2, -0.15) is 0 Å². The number of ether oxygens (including phenoxy) is 2. The summed E-state index contributed by atoms with van der Waals surface area (Å²) in [6.07, 6.45) is 7.63. The molecular weight excluding hydrogens is 702 g/mol. The van der Waals surface area contributed by atoms with Gasteiger partial charge in [0.25, 0.3) is 5.89 Å². The number of aromatic nitrogens is 1. The van der Waals surface area contributed by atoms with E-state index in [0.29, 0.717) is 56.4 Å². The van der Waals surface area contributed by atoms with E-state index in [2.05, 4.69) is 10.3 Å². The van der Waals surface area contributed by atoms with E-state index in [4.69, 9.17) is 19.6 Å². The molecule has 3 aromatic rings. The zero-order valence-electron chi connectivity index (χ0n) is 31.7. The Hall–Kier alpha value is -4.78. The van der Waals surface area contributed by atoms with Crippen LogP contribution in [0.5, 0.6) is 0 Å². The molecule has 13 heteroatoms. The highest BCUT2D eigenvalue weighted by Crippen LogP contribution is 2.29. The molecule has 1 aromatic heterocycles. The van der Waals surface area contributed by atoms with Crippen molar-refractivity contribution in [1.29, 1.82) is 0 Å². The third-order valence-corrected chi connectivity index (χ3v) is 11.1. The third kappa shape index (κ3) is 10.9. The quantitative estimate of drug-likeness (QED) is 0.124. The third-order valence-electron chi connectivity index (χ3n) is 11.1. The SMILES string of the molecule is NCCCC[C@H](CC(=O)[C@@H]1C[C@@H](OC(=O)N2CCCCC2)CN1C(=O)[C@@H](CCc1ccccc1)NC(=O)OC1CCCCC1)C(=O)c1nc2ccccc2o1. The minimum Gasteiger partial charge on any atom is -0.446 e. The number of para-hydroxylation sites is 2. The van der Waals surface area contributed by atoms with Crippen LogP contribution in [0.3, 0.4) is 0 Å². The van der Waals surface area contributed by atoms with Crippen molar-refractivity contribution in [3.8, 4) is 0 Å². The molecule has 3 N–H and O–H groups in total. The second-order valence-electron chi connectivity index (χ2n) is 15.2. The number of fused-ring (bicyclic) bond motifs is 1. The molecule has 1 saturated carbocycles. The molecule has 0 radical (unpaired) electrons. The minimum absolute atomic E-state index is 0.0209. The number of nitrogens with zero attached hydrogens (tertiary/aromatic N) is 3. The van der Waals surface area contributed by atoms with E-state index < -0.39 is 48.0 Å². The van der Waals surface area contributed by atoms with E-state index in [1.807, 2.05) is 30.3 Å². The van der Waals surface area contributed by atoms with Gasteiger partial charge in [0.15, 0.2) is 11.4 Å². The van der Waals surface area contributed by atoms with Gasteiger partial charge >= 0.3 is 12.2 Å². The van der Waals surface area contributed by atoms with Gasteiger partial charge in [-0.15, -0.1) is 0 Å². The Balaban J connectivity index is 1.23. The van der Waals surface area contributed by atoms with Crippen LogP contribution in [-0.4, -0.2) is 94.9 Å². The molecule has 2 saturated heterocycles. The van der Waals surface area contributed by atoms with Crippen LogP contribution < -0.4 is 11.1 Å². The van der Waals surface area contributed by atoms with Crippen LogP contribution in [0.1, 0.15) is 106 Å². The highest BCUT2D eigenvalue weighted by atomic mass is 16.6. The van der Waals surface area contributed by atoms with Crippen LogP contribution in [0.4, 0.5) is 9.59 Å². The van der Waals surface area contributed by atoms with Gasteiger partial charge in [-0.05, 0) is 94.9 Å². The molecule has 0 unspecified atom stereocenters. The number of oxazole rings is 1. The largest absolute Gasteiger partial charge is 0.446 e. The molecule has 0 spiro atoms. The number of Topliss-reactive ketones (excluding diaryl/α,β-unsaturated/α-hetero) is 2. The van der Waals surface area contributed by atoms with Gasteiger partial charge in [-0.25, -0.2) is 14.6 Å². The summed E-state index contributed by atoms with van der Waals surface area (Å²) in [7, 11) is 0. The average Bonchev–Trinajstić information content (AvgIpc) is 3.85. The normalized spacial score (nSPS) is 20.2. The van der Waals surface area contributed by atoms with Gasteiger partial charge in [-0.3, -0.25) is 14.4 Å². The van der Waals surface area contributed by atoms with Crippen LogP contribution in [0, 0.1) is 5.92 Å². The first-order valence-electron chi connectivity index (χ1n) is 20.2. The number of amides is 3. The van der Waals surface area contributed by atoms with E-state index >= 15 is 0 Å². The standard InChI is InChI=1S/C42H55N5O8/c43-23-11-10-16-30(38(49)39-44-33-19-8-9-20-37(33)55-39)26-36(48)35-27-32(54-42(52)46-24-12-3-13-25-46)28-47(35)40(50)34(22-21-29-14-4-1-5-15-29)45-41(51)53-31-17-6-2-7-18-31/h1,4-5,8-9,14-15,19-20,30-32,34-35H,2-3,6-7,10-13,16-18,21-28,43H2,(H,45,51)/t30-,32-,34-,35+/m1/s1. The predicted octanol–water partition coefficient (Wildman–Crippen LogP) is 6.37. The highest BCUT2D eigenvalue weighted by molar-refractivity contribution is 6.00. The van der Waals surface area contributed by atoms with Crippen molar-refractivity contribution in [3.05, 3.63) is 66.1 Å². The molecule has 3 aliphatic rings. The number of ketones is 2. The van der Waals surface area contributed by atoms with E-state index in [-0.39, 0.29) is 43.6 Å². The number of rotatable bonds is 16. The molecule has 0 bridgehead atoms. The molecule has 6 rings (SSSR count). The predicted molar refractivity (Wildman–Crippen MR) is 205 cm³/mol. The topological polar surface area (TPSA) is 174 Å². The first-order chi connectivity index (χ1) is 26.8. The summed E-state index contributed by atoms with van der Waals surface area (Å²) in [5, 5.41) is 2.84. The fourth-order valence-corrected chi connectivity index (χ4v) is 8.04. The Kier molecular flexibility index (Phi) is 14.3. The van der Waals surface area contributed by atoms with Gasteiger partial charge in [0.1, 0.15) is 23.8 Å². The molecule has 2 aliphatic heterocycles. The minimum atomic E-state index is -1.01. The Bertz CT molecular complexity index is 1720. The van der Waals surface area contributed by atoms with Crippen LogP contribution >= 0.6 is 0 Å². The Morgan fingerprint density at radius 2 is 1.58 bits per heavy atom. The number of nitrogens with one attached hydrogen (secondary N) is 1. The molecule has 3 fully saturated rings. The van der Waals surface area contributed by atoms with Crippen molar-refractivity contribution in [2.24, 2.45) is 11.7 Å². The zero-order chi connectivity index (χ0) is 38.6. The number of hydrogen-bond donors (Lipinski definition) is 2. The summed E-state index contributed by atoms with van der Waals surface area (Å²) in [4.78, 5) is 77.1. The second-order valence-corrected chi connectivity index (χ2v) is 15.2. The number of nitrogens with two attached hydrogens (primary N) is 1. The fraction of sp³-hybridized carbons (Fsp3) is 0.571. The van der Waals surface area contributed by atoms with Crippen LogP contribution in [0.2, 0.25) is 0 Å². The number of alkyl carbamates (subject to hydrolysis) is 1. The average molecular weight is 758 g/mol. The maximum Gasteiger partial charge on any atom is 0.410 e. The Morgan fingerprint density at radius 1 is 0.855 bits per heavy atom. The molecule has 4 atom stereocenters. The van der Waals surface area contributed by atoms with Crippen molar-refractivity contribution in [3.63, 3.8) is 0 Å². The molecule has 13 nitrogen and oxygen atoms in total. The molecule has 3 amide bonds. The van der Waals surface area contributed by atoms with Crippen LogP contribution in [-0.2, 0) is 25.5 Å². The van der Waals surface area contributed by atoms with E-state index in [1.54, 1.807) is 29.2 Å². The lowest BCUT2D eigenvalue weighted by atomic mass is 9.89. The lowest BCUT2D eigenvalue weighted by molar-refractivity contribution is -0.139. The van der Waals surface area contributed by atoms with Crippen LogP contribution in [0.15, 0.2) is 59.0 Å². The molecular formula is C42H55N5O8. The fourth-order valence-electron chi connectivity index (χ4n) is 8.04. The van der Waals surface area contributed by atoms with Gasteiger partial charge < -0.3 is 34.7 Å². The monoisotopic (exact) mass is 757 g/mol. The molecule has 296 valence electrons. The summed E-state index contributed by atoms with van der Waals surface area (Å²) in [6.45, 7) is 1.60. The molecule has 55 heavy (non-hydrogen) atoms. The number of hydrogen-bond acceptors (Lipinski definition) is 10. The summed E-state index contributed by atoms with van der Waals surface area (Å²) < 4.78 is 17.5. The number of aryl methyl sites for hydroxylation is 1. The molecule has 1 aliphatic carbocycles. The van der Waals surface area contributed by atoms with Crippen molar-refractivity contribution in [2.75, 3.05) is 26.2 Å². The summed E-state index contributed by atoms with van der Waals surface area (Å²) in [5.41, 5.74) is 7.78. The molecule has 3 heterocycles. The maximum absolute atomic E-state index is 14.6. The lowest BCUT2D eigenvalue weighted by Gasteiger charge is -2.30. The summed E-state index contributed by atoms with van der Waals surface area (Å²) >= 11 is 0. The Morgan fingerprint density at radius 3 is 2.33 bits per heavy atom. The van der Waals surface area contributed by atoms with Crippen molar-refractivity contribution < 1.29 is 37.9 Å². The summed E-state index contributed by atoms with van der Waals surface area (Å²) in [6, 6.07) is 14.7. The van der Waals surface area contributed by atoms with Gasteiger partial charge in [0.2, 0.25) is 11.7 Å². The van der Waals surface area contributed by atoms with E-state index in [1.165, 1.54) is 4.90 Å². The maximum atomic E-state index is 14.6. The van der Waals surface area contributed by atoms with Crippen molar-refractivity contribution in [1.82, 2.24) is 20.1 Å². The second kappa shape index (κ2) is 19.7. The number of carbonyl (C=O) groups is 5. The van der Waals surface area contributed by atoms with Gasteiger partial charge in [0, 0.05) is 31.8 Å². The Labute approximate surface area is 322 Å². The van der Waals surface area contributed by atoms with Gasteiger partial charge in [-0.1, -0.05) is 55.3 Å². The summed E-state index contributed by atoms with van der Waals surface area (Å²) in [5.74, 6) is -2.02. The van der Waals surface area contributed by atoms with Crippen LogP contribution in [0.25, 0.3) is 11.1 Å². The zero-order valence-corrected chi connectivity index (χ0v) is 31.7. The lowest BCUT2D eigenvalue weighted by Crippen LogP contribution is -2.52. The number of carbonyl (C=O) groups excluding carboxylic acids is 5. The first-order valence-corrected chi connectivity index (χ1v) is 20.2. The van der Waals surface area contributed by atoms with Crippen molar-refractivity contribution >= 4 is 40.8 Å². The van der Waals surface area contributed by atoms with E-state index in [0.717, 1.165) is 56.9 Å². The molecule has 2 aromatic carbocycles. The van der Waals surface area contributed by atoms with Crippen molar-refractivity contribution in [2.45, 2.75) is 121 Å². The highest BCUT2D eigenvalue weighted by Gasteiger charge is 2.45. The van der Waals surface area contributed by atoms with E-state index in [9.17, 15) is 24.0 Å². The first kappa shape index (κ1) is 39.9. The number of benzene rings is 2. The number of unbranched alkanes of at least 4 members (excludes halogenated alkanes) is 1. The number of likely N-dealkylation sites (tertiary alicyclic amines) is 2. The van der Waals surface area contributed by atoms with Gasteiger partial charge in [0.05, 0.1) is 12.6 Å².